The van der Waals surface area contributed by atoms with E-state index in [0.717, 1.165) is 12.1 Å². The predicted octanol–water partition coefficient (Wildman–Crippen LogP) is 6.19. The summed E-state index contributed by atoms with van der Waals surface area (Å²) < 4.78 is 107. The Morgan fingerprint density at radius 1 is 0.821 bits per heavy atom. The van der Waals surface area contributed by atoms with Gasteiger partial charge in [0.2, 0.25) is 5.82 Å². The van der Waals surface area contributed by atoms with Crippen LogP contribution in [0.2, 0.25) is 10.0 Å². The van der Waals surface area contributed by atoms with E-state index in [2.05, 4.69) is 4.98 Å². The molecule has 0 atom stereocenters. The molecule has 0 saturated carbocycles. The lowest BCUT2D eigenvalue weighted by Gasteiger charge is -2.13. The van der Waals surface area contributed by atoms with Gasteiger partial charge in [-0.1, -0.05) is 23.2 Å². The fourth-order valence-corrected chi connectivity index (χ4v) is 2.92. The second kappa shape index (κ2) is 7.07. The third-order valence-corrected chi connectivity index (χ3v) is 4.57. The van der Waals surface area contributed by atoms with Crippen molar-refractivity contribution in [3.63, 3.8) is 0 Å². The molecule has 28 heavy (non-hydrogen) atoms. The number of rotatable bonds is 3. The molecule has 0 unspecified atom stereocenters. The SMILES string of the molecule is Fc1c(F)c(F)c(Cn2c(CC(F)(F)F)nc3cc(Cl)c(Cl)cc32)c(F)c1F. The number of hydrogen-bond acceptors (Lipinski definition) is 1. The van der Waals surface area contributed by atoms with Gasteiger partial charge in [-0.05, 0) is 12.1 Å². The van der Waals surface area contributed by atoms with Crippen LogP contribution in [0.25, 0.3) is 11.0 Å². The van der Waals surface area contributed by atoms with Crippen molar-refractivity contribution in [1.29, 1.82) is 0 Å². The second-order valence-electron chi connectivity index (χ2n) is 5.71. The third-order valence-electron chi connectivity index (χ3n) is 3.84. The summed E-state index contributed by atoms with van der Waals surface area (Å²) in [5.74, 6) is -11.8. The van der Waals surface area contributed by atoms with Crippen molar-refractivity contribution in [2.24, 2.45) is 0 Å². The summed E-state index contributed by atoms with van der Waals surface area (Å²) in [6, 6.07) is 2.20. The Labute approximate surface area is 161 Å². The standard InChI is InChI=1S/C16H6Cl2F8N2/c17-6-1-8-9(2-7(6)18)28(10(27-8)3-16(24,25)26)4-5-11(19)13(21)15(23)14(22)12(5)20/h1-2H,3-4H2. The number of fused-ring (bicyclic) bond motifs is 1. The molecule has 0 N–H and O–H groups in total. The first-order valence-corrected chi connectivity index (χ1v) is 8.07. The highest BCUT2D eigenvalue weighted by Gasteiger charge is 2.32. The summed E-state index contributed by atoms with van der Waals surface area (Å²) in [4.78, 5) is 3.71. The summed E-state index contributed by atoms with van der Waals surface area (Å²) in [5.41, 5.74) is -1.54. The maximum Gasteiger partial charge on any atom is 0.396 e. The van der Waals surface area contributed by atoms with Crippen molar-refractivity contribution in [3.8, 4) is 0 Å². The summed E-state index contributed by atoms with van der Waals surface area (Å²) in [6.07, 6.45) is -6.38. The fraction of sp³-hybridized carbons (Fsp3) is 0.188. The molecule has 2 nitrogen and oxygen atoms in total. The van der Waals surface area contributed by atoms with Crippen LogP contribution < -0.4 is 0 Å². The monoisotopic (exact) mass is 448 g/mol. The van der Waals surface area contributed by atoms with Crippen LogP contribution in [0.5, 0.6) is 0 Å². The van der Waals surface area contributed by atoms with Crippen molar-refractivity contribution >= 4 is 34.2 Å². The Balaban J connectivity index is 2.25. The number of benzene rings is 2. The van der Waals surface area contributed by atoms with Gasteiger partial charge in [0.15, 0.2) is 23.3 Å². The summed E-state index contributed by atoms with van der Waals surface area (Å²) in [7, 11) is 0. The minimum Gasteiger partial charge on any atom is -0.323 e. The molecule has 0 bridgehead atoms. The van der Waals surface area contributed by atoms with Crippen LogP contribution in [0.1, 0.15) is 11.4 Å². The van der Waals surface area contributed by atoms with Crippen molar-refractivity contribution in [2.45, 2.75) is 19.1 Å². The van der Waals surface area contributed by atoms with Gasteiger partial charge in [-0.25, -0.2) is 26.9 Å². The van der Waals surface area contributed by atoms with E-state index in [4.69, 9.17) is 23.2 Å². The molecule has 3 rings (SSSR count). The Bertz CT molecular complexity index is 1060. The highest BCUT2D eigenvalue weighted by molar-refractivity contribution is 6.42. The van der Waals surface area contributed by atoms with Crippen LogP contribution in [-0.2, 0) is 13.0 Å². The largest absolute Gasteiger partial charge is 0.396 e. The van der Waals surface area contributed by atoms with E-state index in [1.165, 1.54) is 0 Å². The summed E-state index contributed by atoms with van der Waals surface area (Å²) in [6.45, 7) is -1.11. The van der Waals surface area contributed by atoms with Crippen LogP contribution in [0.4, 0.5) is 35.1 Å². The molecular weight excluding hydrogens is 443 g/mol. The van der Waals surface area contributed by atoms with Crippen LogP contribution in [0.15, 0.2) is 12.1 Å². The molecule has 12 heteroatoms. The second-order valence-corrected chi connectivity index (χ2v) is 6.52. The van der Waals surface area contributed by atoms with E-state index in [-0.39, 0.29) is 21.1 Å². The van der Waals surface area contributed by atoms with Crippen molar-refractivity contribution in [1.82, 2.24) is 9.55 Å². The molecule has 150 valence electrons. The number of alkyl halides is 3. The summed E-state index contributed by atoms with van der Waals surface area (Å²) >= 11 is 11.6. The van der Waals surface area contributed by atoms with Crippen LogP contribution in [0, 0.1) is 29.1 Å². The van der Waals surface area contributed by atoms with Crippen molar-refractivity contribution in [2.75, 3.05) is 0 Å². The lowest BCUT2D eigenvalue weighted by molar-refractivity contribution is -0.128. The molecular formula is C16H6Cl2F8N2. The topological polar surface area (TPSA) is 17.8 Å². The van der Waals surface area contributed by atoms with E-state index in [0.29, 0.717) is 4.57 Å². The average molecular weight is 449 g/mol. The van der Waals surface area contributed by atoms with Gasteiger partial charge in [-0.15, -0.1) is 0 Å². The number of nitrogens with zero attached hydrogens (tertiary/aromatic N) is 2. The first-order valence-electron chi connectivity index (χ1n) is 7.32. The quantitative estimate of drug-likeness (QED) is 0.265. The van der Waals surface area contributed by atoms with E-state index >= 15 is 0 Å². The maximum absolute atomic E-state index is 14.0. The first-order chi connectivity index (χ1) is 12.9. The molecule has 0 fully saturated rings. The zero-order valence-electron chi connectivity index (χ0n) is 13.2. The van der Waals surface area contributed by atoms with E-state index < -0.39 is 59.6 Å². The fourth-order valence-electron chi connectivity index (χ4n) is 2.61. The Morgan fingerprint density at radius 2 is 1.32 bits per heavy atom. The molecule has 2 aromatic carbocycles. The number of halogens is 10. The van der Waals surface area contributed by atoms with Gasteiger partial charge < -0.3 is 4.57 Å². The van der Waals surface area contributed by atoms with Gasteiger partial charge in [0, 0.05) is 5.56 Å². The number of hydrogen-bond donors (Lipinski definition) is 0. The lowest BCUT2D eigenvalue weighted by atomic mass is 10.1. The van der Waals surface area contributed by atoms with Crippen molar-refractivity contribution in [3.05, 3.63) is 62.7 Å². The Hall–Kier alpha value is -2.07. The average Bonchev–Trinajstić information content (AvgIpc) is 2.90. The molecule has 0 saturated heterocycles. The molecule has 0 spiro atoms. The van der Waals surface area contributed by atoms with Crippen molar-refractivity contribution < 1.29 is 35.1 Å². The number of imidazole rings is 1. The van der Waals surface area contributed by atoms with Gasteiger partial charge in [-0.2, -0.15) is 13.2 Å². The zero-order valence-corrected chi connectivity index (χ0v) is 14.8. The lowest BCUT2D eigenvalue weighted by Crippen LogP contribution is -2.18. The molecule has 1 heterocycles. The smallest absolute Gasteiger partial charge is 0.323 e. The van der Waals surface area contributed by atoms with Gasteiger partial charge in [0.25, 0.3) is 0 Å². The summed E-state index contributed by atoms with van der Waals surface area (Å²) in [5, 5.41) is -0.153. The normalized spacial score (nSPS) is 12.2. The maximum atomic E-state index is 14.0. The minimum absolute atomic E-state index is 0.0476. The van der Waals surface area contributed by atoms with Gasteiger partial charge in [0.1, 0.15) is 12.2 Å². The molecule has 0 aliphatic heterocycles. The molecule has 3 aromatic rings. The highest BCUT2D eigenvalue weighted by atomic mass is 35.5. The first kappa shape index (κ1) is 20.7. The van der Waals surface area contributed by atoms with Gasteiger partial charge in [0.05, 0.1) is 27.6 Å². The van der Waals surface area contributed by atoms with Gasteiger partial charge >= 0.3 is 6.18 Å². The van der Waals surface area contributed by atoms with E-state index in [9.17, 15) is 35.1 Å². The molecule has 1 aromatic heterocycles. The van der Waals surface area contributed by atoms with Crippen LogP contribution in [-0.4, -0.2) is 15.7 Å². The van der Waals surface area contributed by atoms with E-state index in [1.54, 1.807) is 0 Å². The molecule has 0 aliphatic carbocycles. The molecule has 0 aliphatic rings. The Kier molecular flexibility index (Phi) is 5.22. The Morgan fingerprint density at radius 3 is 1.86 bits per heavy atom. The van der Waals surface area contributed by atoms with Gasteiger partial charge in [-0.3, -0.25) is 0 Å². The third kappa shape index (κ3) is 3.62. The molecule has 0 radical (unpaired) electrons. The minimum atomic E-state index is -4.76. The van der Waals surface area contributed by atoms with Crippen LogP contribution in [0.3, 0.4) is 0 Å². The predicted molar refractivity (Wildman–Crippen MR) is 84.8 cm³/mol. The zero-order chi connectivity index (χ0) is 21.0. The highest BCUT2D eigenvalue weighted by Crippen LogP contribution is 2.32. The van der Waals surface area contributed by atoms with Crippen LogP contribution >= 0.6 is 23.2 Å². The van der Waals surface area contributed by atoms with E-state index in [1.807, 2.05) is 0 Å². The number of aromatic nitrogens is 2. The molecule has 0 amide bonds.